The van der Waals surface area contributed by atoms with Gasteiger partial charge in [0.25, 0.3) is 0 Å². The first-order chi connectivity index (χ1) is 9.69. The SMILES string of the molecule is COc1ccc(CC(=CC2=CCCC=C2)C(=O)O)cc1. The molecule has 0 aromatic heterocycles. The van der Waals surface area contributed by atoms with E-state index in [0.29, 0.717) is 12.0 Å². The number of methoxy groups -OCH3 is 1. The van der Waals surface area contributed by atoms with E-state index in [4.69, 9.17) is 4.74 Å². The number of allylic oxidation sites excluding steroid dienone is 5. The molecular formula is C17H18O3. The zero-order valence-corrected chi connectivity index (χ0v) is 11.5. The van der Waals surface area contributed by atoms with Gasteiger partial charge in [-0.2, -0.15) is 0 Å². The van der Waals surface area contributed by atoms with E-state index < -0.39 is 5.97 Å². The molecule has 0 aliphatic heterocycles. The van der Waals surface area contributed by atoms with Crippen LogP contribution in [0.4, 0.5) is 0 Å². The Hall–Kier alpha value is -2.29. The largest absolute Gasteiger partial charge is 0.497 e. The van der Waals surface area contributed by atoms with Crippen molar-refractivity contribution in [2.75, 3.05) is 7.11 Å². The van der Waals surface area contributed by atoms with Gasteiger partial charge in [-0.1, -0.05) is 30.4 Å². The summed E-state index contributed by atoms with van der Waals surface area (Å²) in [7, 11) is 1.61. The van der Waals surface area contributed by atoms with Crippen LogP contribution in [-0.2, 0) is 11.2 Å². The molecule has 0 heterocycles. The van der Waals surface area contributed by atoms with E-state index in [1.807, 2.05) is 30.3 Å². The van der Waals surface area contributed by atoms with Gasteiger partial charge in [0.15, 0.2) is 0 Å². The van der Waals surface area contributed by atoms with E-state index in [9.17, 15) is 9.90 Å². The lowest BCUT2D eigenvalue weighted by atomic mass is 10.00. The molecule has 0 amide bonds. The standard InChI is InChI=1S/C17H18O3/c1-20-16-9-7-14(8-10-16)12-15(17(18)19)11-13-5-3-2-4-6-13/h3,5-11H,2,4,12H2,1H3,(H,18,19). The monoisotopic (exact) mass is 270 g/mol. The lowest BCUT2D eigenvalue weighted by Gasteiger charge is -2.07. The van der Waals surface area contributed by atoms with Crippen molar-refractivity contribution in [3.63, 3.8) is 0 Å². The Morgan fingerprint density at radius 2 is 2.05 bits per heavy atom. The Balaban J connectivity index is 2.16. The first kappa shape index (κ1) is 14.1. The van der Waals surface area contributed by atoms with E-state index >= 15 is 0 Å². The van der Waals surface area contributed by atoms with Gasteiger partial charge in [0.2, 0.25) is 0 Å². The molecule has 1 aromatic rings. The summed E-state index contributed by atoms with van der Waals surface area (Å²) in [6.07, 6.45) is 10.3. The van der Waals surface area contributed by atoms with Crippen LogP contribution in [0.5, 0.6) is 5.75 Å². The first-order valence-corrected chi connectivity index (χ1v) is 6.62. The minimum Gasteiger partial charge on any atom is -0.497 e. The number of rotatable bonds is 5. The van der Waals surface area contributed by atoms with Gasteiger partial charge < -0.3 is 9.84 Å². The summed E-state index contributed by atoms with van der Waals surface area (Å²) >= 11 is 0. The van der Waals surface area contributed by atoms with E-state index in [1.54, 1.807) is 13.2 Å². The average Bonchev–Trinajstić information content (AvgIpc) is 2.48. The minimum atomic E-state index is -0.874. The van der Waals surface area contributed by atoms with Crippen molar-refractivity contribution in [1.29, 1.82) is 0 Å². The third-order valence-corrected chi connectivity index (χ3v) is 3.19. The lowest BCUT2D eigenvalue weighted by Crippen LogP contribution is -2.04. The zero-order valence-electron chi connectivity index (χ0n) is 11.5. The van der Waals surface area contributed by atoms with Crippen molar-refractivity contribution in [1.82, 2.24) is 0 Å². The molecule has 1 aromatic carbocycles. The van der Waals surface area contributed by atoms with Crippen LogP contribution >= 0.6 is 0 Å². The number of hydrogen-bond acceptors (Lipinski definition) is 2. The number of aliphatic carboxylic acids is 1. The van der Waals surface area contributed by atoms with Crippen molar-refractivity contribution in [2.24, 2.45) is 0 Å². The second-order valence-electron chi connectivity index (χ2n) is 4.68. The fourth-order valence-corrected chi connectivity index (χ4v) is 2.09. The first-order valence-electron chi connectivity index (χ1n) is 6.62. The number of ether oxygens (including phenoxy) is 1. The second-order valence-corrected chi connectivity index (χ2v) is 4.68. The molecular weight excluding hydrogens is 252 g/mol. The van der Waals surface area contributed by atoms with Crippen LogP contribution in [0.1, 0.15) is 18.4 Å². The summed E-state index contributed by atoms with van der Waals surface area (Å²) < 4.78 is 5.09. The summed E-state index contributed by atoms with van der Waals surface area (Å²) in [5, 5.41) is 9.32. The van der Waals surface area contributed by atoms with Gasteiger partial charge in [0.1, 0.15) is 5.75 Å². The highest BCUT2D eigenvalue weighted by Gasteiger charge is 2.09. The van der Waals surface area contributed by atoms with Crippen molar-refractivity contribution in [3.8, 4) is 5.75 Å². The van der Waals surface area contributed by atoms with Crippen LogP contribution in [0.2, 0.25) is 0 Å². The van der Waals surface area contributed by atoms with E-state index in [2.05, 4.69) is 12.2 Å². The third kappa shape index (κ3) is 3.85. The Morgan fingerprint density at radius 1 is 1.30 bits per heavy atom. The molecule has 1 aliphatic carbocycles. The lowest BCUT2D eigenvalue weighted by molar-refractivity contribution is -0.132. The summed E-state index contributed by atoms with van der Waals surface area (Å²) in [6, 6.07) is 7.46. The minimum absolute atomic E-state index is 0.396. The number of carboxylic acid groups (broad SMARTS) is 1. The molecule has 0 saturated heterocycles. The van der Waals surface area contributed by atoms with Crippen molar-refractivity contribution in [3.05, 3.63) is 65.3 Å². The van der Waals surface area contributed by atoms with Crippen LogP contribution in [0.15, 0.2) is 59.7 Å². The van der Waals surface area contributed by atoms with E-state index in [-0.39, 0.29) is 0 Å². The van der Waals surface area contributed by atoms with Gasteiger partial charge in [-0.05, 0) is 42.2 Å². The maximum absolute atomic E-state index is 11.4. The summed E-state index contributed by atoms with van der Waals surface area (Å²) in [6.45, 7) is 0. The van der Waals surface area contributed by atoms with Crippen molar-refractivity contribution >= 4 is 5.97 Å². The van der Waals surface area contributed by atoms with Gasteiger partial charge in [-0.15, -0.1) is 0 Å². The number of carboxylic acids is 1. The number of carbonyl (C=O) groups is 1. The molecule has 2 rings (SSSR count). The summed E-state index contributed by atoms with van der Waals surface area (Å²) in [5.74, 6) is -0.104. The molecule has 3 heteroatoms. The topological polar surface area (TPSA) is 46.5 Å². The average molecular weight is 270 g/mol. The second kappa shape index (κ2) is 6.75. The van der Waals surface area contributed by atoms with Gasteiger partial charge in [0, 0.05) is 12.0 Å². The molecule has 1 N–H and O–H groups in total. The molecule has 0 spiro atoms. The van der Waals surface area contributed by atoms with Gasteiger partial charge in [0.05, 0.1) is 7.11 Å². The van der Waals surface area contributed by atoms with E-state index in [1.165, 1.54) is 0 Å². The number of hydrogen-bond donors (Lipinski definition) is 1. The van der Waals surface area contributed by atoms with Gasteiger partial charge in [-0.3, -0.25) is 0 Å². The zero-order chi connectivity index (χ0) is 14.4. The summed E-state index contributed by atoms with van der Waals surface area (Å²) in [5.41, 5.74) is 2.33. The van der Waals surface area contributed by atoms with Crippen LogP contribution in [0.3, 0.4) is 0 Å². The Kier molecular flexibility index (Phi) is 4.77. The van der Waals surface area contributed by atoms with Crippen LogP contribution < -0.4 is 4.74 Å². The molecule has 0 unspecified atom stereocenters. The summed E-state index contributed by atoms with van der Waals surface area (Å²) in [4.78, 5) is 11.4. The van der Waals surface area contributed by atoms with Crippen LogP contribution in [0.25, 0.3) is 0 Å². The van der Waals surface area contributed by atoms with Crippen LogP contribution in [-0.4, -0.2) is 18.2 Å². The maximum atomic E-state index is 11.4. The highest BCUT2D eigenvalue weighted by atomic mass is 16.5. The van der Waals surface area contributed by atoms with Crippen molar-refractivity contribution in [2.45, 2.75) is 19.3 Å². The fraction of sp³-hybridized carbons (Fsp3) is 0.235. The predicted molar refractivity (Wildman–Crippen MR) is 78.9 cm³/mol. The number of benzene rings is 1. The Bertz CT molecular complexity index is 562. The molecule has 0 fully saturated rings. The van der Waals surface area contributed by atoms with Crippen LogP contribution in [0, 0.1) is 0 Å². The normalized spacial score (nSPS) is 14.8. The smallest absolute Gasteiger partial charge is 0.331 e. The van der Waals surface area contributed by atoms with E-state index in [0.717, 1.165) is 29.7 Å². The van der Waals surface area contributed by atoms with Gasteiger partial charge in [-0.25, -0.2) is 4.79 Å². The predicted octanol–water partition coefficient (Wildman–Crippen LogP) is 3.53. The molecule has 104 valence electrons. The molecule has 3 nitrogen and oxygen atoms in total. The Labute approximate surface area is 118 Å². The fourth-order valence-electron chi connectivity index (χ4n) is 2.09. The molecule has 0 bridgehead atoms. The molecule has 0 radical (unpaired) electrons. The molecule has 1 aliphatic rings. The third-order valence-electron chi connectivity index (χ3n) is 3.19. The Morgan fingerprint density at radius 3 is 2.60 bits per heavy atom. The molecule has 0 saturated carbocycles. The maximum Gasteiger partial charge on any atom is 0.331 e. The van der Waals surface area contributed by atoms with Crippen molar-refractivity contribution < 1.29 is 14.6 Å². The molecule has 20 heavy (non-hydrogen) atoms. The molecule has 0 atom stereocenters. The van der Waals surface area contributed by atoms with Gasteiger partial charge >= 0.3 is 5.97 Å². The quantitative estimate of drug-likeness (QED) is 0.833. The highest BCUT2D eigenvalue weighted by Crippen LogP contribution is 2.18. The highest BCUT2D eigenvalue weighted by molar-refractivity contribution is 5.88.